The SMILES string of the molecule is CCNC(=O)c1ccc(-n2cc(C(=O)NCc3cccc(SC)c3)nn2)c(OCCOCCF)c1. The van der Waals surface area contributed by atoms with Crippen molar-refractivity contribution in [1.82, 2.24) is 25.6 Å². The van der Waals surface area contributed by atoms with Gasteiger partial charge in [0.15, 0.2) is 5.69 Å². The highest BCUT2D eigenvalue weighted by atomic mass is 32.2. The summed E-state index contributed by atoms with van der Waals surface area (Å²) in [5.74, 6) is -0.267. The molecule has 2 aromatic carbocycles. The third-order valence-electron chi connectivity index (χ3n) is 4.83. The lowest BCUT2D eigenvalue weighted by molar-refractivity contribution is 0.0894. The van der Waals surface area contributed by atoms with Crippen molar-refractivity contribution >= 4 is 23.6 Å². The molecule has 1 heterocycles. The van der Waals surface area contributed by atoms with Gasteiger partial charge in [-0.25, -0.2) is 9.07 Å². The minimum Gasteiger partial charge on any atom is -0.489 e. The van der Waals surface area contributed by atoms with Crippen molar-refractivity contribution in [2.24, 2.45) is 0 Å². The van der Waals surface area contributed by atoms with Crippen LogP contribution in [0.15, 0.2) is 53.6 Å². The van der Waals surface area contributed by atoms with Gasteiger partial charge in [0, 0.05) is 23.5 Å². The molecule has 2 N–H and O–H groups in total. The van der Waals surface area contributed by atoms with E-state index >= 15 is 0 Å². The van der Waals surface area contributed by atoms with E-state index in [0.29, 0.717) is 30.1 Å². The molecule has 0 saturated carbocycles. The van der Waals surface area contributed by atoms with Crippen LogP contribution >= 0.6 is 11.8 Å². The Balaban J connectivity index is 1.74. The summed E-state index contributed by atoms with van der Waals surface area (Å²) in [6.07, 6.45) is 3.48. The molecule has 0 unspecified atom stereocenters. The summed E-state index contributed by atoms with van der Waals surface area (Å²) >= 11 is 1.63. The molecule has 1 aromatic heterocycles. The van der Waals surface area contributed by atoms with Gasteiger partial charge in [-0.15, -0.1) is 16.9 Å². The molecule has 0 aliphatic heterocycles. The van der Waals surface area contributed by atoms with Crippen molar-refractivity contribution in [3.05, 3.63) is 65.5 Å². The average Bonchev–Trinajstić information content (AvgIpc) is 3.37. The number of aromatic nitrogens is 3. The van der Waals surface area contributed by atoms with Gasteiger partial charge in [0.2, 0.25) is 0 Å². The Morgan fingerprint density at radius 2 is 1.94 bits per heavy atom. The summed E-state index contributed by atoms with van der Waals surface area (Å²) in [6.45, 7) is 2.39. The van der Waals surface area contributed by atoms with Gasteiger partial charge in [0.05, 0.1) is 19.4 Å². The van der Waals surface area contributed by atoms with Gasteiger partial charge < -0.3 is 20.1 Å². The maximum absolute atomic E-state index is 12.6. The monoisotopic (exact) mass is 501 g/mol. The predicted molar refractivity (Wildman–Crippen MR) is 131 cm³/mol. The topological polar surface area (TPSA) is 107 Å². The number of amides is 2. The lowest BCUT2D eigenvalue weighted by Crippen LogP contribution is -2.23. The Hall–Kier alpha value is -3.44. The molecule has 0 radical (unpaired) electrons. The van der Waals surface area contributed by atoms with E-state index < -0.39 is 6.67 Å². The molecule has 3 rings (SSSR count). The highest BCUT2D eigenvalue weighted by molar-refractivity contribution is 7.98. The molecule has 0 aliphatic carbocycles. The molecule has 35 heavy (non-hydrogen) atoms. The van der Waals surface area contributed by atoms with E-state index in [1.54, 1.807) is 30.0 Å². The van der Waals surface area contributed by atoms with E-state index in [-0.39, 0.29) is 37.3 Å². The number of carbonyl (C=O) groups is 2. The lowest BCUT2D eigenvalue weighted by atomic mass is 10.1. The first-order chi connectivity index (χ1) is 17.0. The Bertz CT molecular complexity index is 1140. The van der Waals surface area contributed by atoms with Gasteiger partial charge in [0.1, 0.15) is 24.7 Å². The van der Waals surface area contributed by atoms with E-state index in [1.807, 2.05) is 37.4 Å². The average molecular weight is 502 g/mol. The smallest absolute Gasteiger partial charge is 0.273 e. The fourth-order valence-corrected chi connectivity index (χ4v) is 3.61. The zero-order valence-electron chi connectivity index (χ0n) is 19.6. The lowest BCUT2D eigenvalue weighted by Gasteiger charge is -2.13. The second-order valence-corrected chi connectivity index (χ2v) is 8.15. The third-order valence-corrected chi connectivity index (χ3v) is 5.55. The standard InChI is InChI=1S/C24H28FN5O4S/c1-3-26-23(31)18-7-8-21(22(14-18)34-12-11-33-10-9-25)30-16-20(28-29-30)24(32)27-15-17-5-4-6-19(13-17)35-2/h4-8,13-14,16H,3,9-12,15H2,1-2H3,(H,26,31)(H,27,32). The number of nitrogens with one attached hydrogen (secondary N) is 2. The summed E-state index contributed by atoms with van der Waals surface area (Å²) in [7, 11) is 0. The second kappa shape index (κ2) is 13.4. The number of thioether (sulfide) groups is 1. The largest absolute Gasteiger partial charge is 0.489 e. The highest BCUT2D eigenvalue weighted by Gasteiger charge is 2.16. The number of halogens is 1. The van der Waals surface area contributed by atoms with Crippen molar-refractivity contribution in [3.8, 4) is 11.4 Å². The number of carbonyl (C=O) groups excluding carboxylic acids is 2. The van der Waals surface area contributed by atoms with Crippen LogP contribution in [0.5, 0.6) is 5.75 Å². The number of hydrogen-bond acceptors (Lipinski definition) is 7. The number of nitrogens with zero attached hydrogens (tertiary/aromatic N) is 3. The number of rotatable bonds is 13. The van der Waals surface area contributed by atoms with Crippen LogP contribution in [-0.4, -0.2) is 66.1 Å². The minimum atomic E-state index is -0.579. The van der Waals surface area contributed by atoms with Crippen molar-refractivity contribution in [2.75, 3.05) is 39.3 Å². The van der Waals surface area contributed by atoms with Gasteiger partial charge in [0.25, 0.3) is 11.8 Å². The first-order valence-electron chi connectivity index (χ1n) is 11.1. The van der Waals surface area contributed by atoms with Gasteiger partial charge in [-0.2, -0.15) is 0 Å². The number of hydrogen-bond donors (Lipinski definition) is 2. The molecule has 0 spiro atoms. The molecule has 186 valence electrons. The number of ether oxygens (including phenoxy) is 2. The minimum absolute atomic E-state index is 0.0156. The first-order valence-corrected chi connectivity index (χ1v) is 12.3. The van der Waals surface area contributed by atoms with Crippen LogP contribution < -0.4 is 15.4 Å². The maximum atomic E-state index is 12.6. The normalized spacial score (nSPS) is 10.7. The molecule has 0 fully saturated rings. The molecule has 3 aromatic rings. The summed E-state index contributed by atoms with van der Waals surface area (Å²) in [5, 5.41) is 13.6. The Morgan fingerprint density at radius 1 is 1.09 bits per heavy atom. The van der Waals surface area contributed by atoms with Crippen LogP contribution in [0.1, 0.15) is 33.3 Å². The van der Waals surface area contributed by atoms with Gasteiger partial charge in [-0.05, 0) is 49.1 Å². The van der Waals surface area contributed by atoms with Crippen LogP contribution in [0.3, 0.4) is 0 Å². The Labute approximate surface area is 207 Å². The van der Waals surface area contributed by atoms with Crippen LogP contribution in [0.25, 0.3) is 5.69 Å². The summed E-state index contributed by atoms with van der Waals surface area (Å²) in [5.41, 5.74) is 2.00. The maximum Gasteiger partial charge on any atom is 0.273 e. The molecule has 0 atom stereocenters. The predicted octanol–water partition coefficient (Wildman–Crippen LogP) is 3.03. The first kappa shape index (κ1) is 26.2. The van der Waals surface area contributed by atoms with Crippen molar-refractivity contribution in [1.29, 1.82) is 0 Å². The number of alkyl halides is 1. The fourth-order valence-electron chi connectivity index (χ4n) is 3.13. The van der Waals surface area contributed by atoms with Gasteiger partial charge in [-0.1, -0.05) is 17.3 Å². The van der Waals surface area contributed by atoms with Crippen LogP contribution in [0.4, 0.5) is 4.39 Å². The third kappa shape index (κ3) is 7.52. The molecular formula is C24H28FN5O4S. The van der Waals surface area contributed by atoms with Gasteiger partial charge >= 0.3 is 0 Å². The molecule has 11 heteroatoms. The summed E-state index contributed by atoms with van der Waals surface area (Å²) in [4.78, 5) is 26.0. The quantitative estimate of drug-likeness (QED) is 0.274. The summed E-state index contributed by atoms with van der Waals surface area (Å²) in [6, 6.07) is 12.8. The van der Waals surface area contributed by atoms with E-state index in [4.69, 9.17) is 9.47 Å². The zero-order chi connectivity index (χ0) is 25.0. The highest BCUT2D eigenvalue weighted by Crippen LogP contribution is 2.24. The van der Waals surface area contributed by atoms with E-state index in [1.165, 1.54) is 10.9 Å². The molecular weight excluding hydrogens is 473 g/mol. The molecule has 2 amide bonds. The van der Waals surface area contributed by atoms with Crippen molar-refractivity contribution in [3.63, 3.8) is 0 Å². The second-order valence-electron chi connectivity index (χ2n) is 7.27. The van der Waals surface area contributed by atoms with Crippen molar-refractivity contribution in [2.45, 2.75) is 18.4 Å². The molecule has 0 bridgehead atoms. The van der Waals surface area contributed by atoms with E-state index in [2.05, 4.69) is 20.9 Å². The molecule has 0 aliphatic rings. The Morgan fingerprint density at radius 3 is 2.71 bits per heavy atom. The summed E-state index contributed by atoms with van der Waals surface area (Å²) < 4.78 is 24.5. The van der Waals surface area contributed by atoms with Crippen LogP contribution in [-0.2, 0) is 11.3 Å². The van der Waals surface area contributed by atoms with E-state index in [0.717, 1.165) is 10.5 Å². The number of benzene rings is 2. The molecule has 0 saturated heterocycles. The van der Waals surface area contributed by atoms with E-state index in [9.17, 15) is 14.0 Å². The fraction of sp³-hybridized carbons (Fsp3) is 0.333. The molecule has 9 nitrogen and oxygen atoms in total. The van der Waals surface area contributed by atoms with Crippen molar-refractivity contribution < 1.29 is 23.5 Å². The van der Waals surface area contributed by atoms with Crippen LogP contribution in [0.2, 0.25) is 0 Å². The van der Waals surface area contributed by atoms with Crippen LogP contribution in [0, 0.1) is 0 Å². The Kier molecular flexibility index (Phi) is 10.1. The zero-order valence-corrected chi connectivity index (χ0v) is 20.4. The van der Waals surface area contributed by atoms with Gasteiger partial charge in [-0.3, -0.25) is 9.59 Å².